The van der Waals surface area contributed by atoms with Gasteiger partial charge < -0.3 is 4.90 Å². The molecule has 0 amide bonds. The Kier molecular flexibility index (Phi) is 6.80. The van der Waals surface area contributed by atoms with Crippen LogP contribution in [0, 0.1) is 0 Å². The van der Waals surface area contributed by atoms with Crippen LogP contribution in [0.4, 0.5) is 5.95 Å². The standard InChI is InChI=1S/C21H29N5O4S2/c1-2-18-6-3-4-13-26(18)32(29,30)20-9-7-19(8-10-20)31(27,28)25-16-14-24(15-17-25)21-22-11-5-12-23-21/h5,7-12,18H,2-4,6,13-17H2,1H3/t18-/m0/s1. The van der Waals surface area contributed by atoms with E-state index in [9.17, 15) is 16.8 Å². The molecular formula is C21H29N5O4S2. The van der Waals surface area contributed by atoms with Crippen LogP contribution in [0.3, 0.4) is 0 Å². The minimum atomic E-state index is -3.71. The third kappa shape index (κ3) is 4.52. The molecule has 1 aromatic carbocycles. The van der Waals surface area contributed by atoms with Gasteiger partial charge in [-0.15, -0.1) is 0 Å². The summed E-state index contributed by atoms with van der Waals surface area (Å²) in [7, 11) is -7.36. The fourth-order valence-corrected chi connectivity index (χ4v) is 7.54. The molecule has 0 spiro atoms. The lowest BCUT2D eigenvalue weighted by Gasteiger charge is -2.34. The first-order valence-electron chi connectivity index (χ1n) is 11.0. The Morgan fingerprint density at radius 3 is 2.03 bits per heavy atom. The maximum absolute atomic E-state index is 13.1. The van der Waals surface area contributed by atoms with E-state index in [1.54, 1.807) is 22.8 Å². The summed E-state index contributed by atoms with van der Waals surface area (Å²) in [4.78, 5) is 10.6. The van der Waals surface area contributed by atoms with E-state index in [2.05, 4.69) is 9.97 Å². The first kappa shape index (κ1) is 23.1. The van der Waals surface area contributed by atoms with Crippen LogP contribution in [0.15, 0.2) is 52.5 Å². The van der Waals surface area contributed by atoms with E-state index in [1.807, 2.05) is 11.8 Å². The SMILES string of the molecule is CC[C@H]1CCCCN1S(=O)(=O)c1ccc(S(=O)(=O)N2CCN(c3ncccn3)CC2)cc1. The normalized spacial score (nSPS) is 21.5. The van der Waals surface area contributed by atoms with Gasteiger partial charge in [-0.25, -0.2) is 26.8 Å². The van der Waals surface area contributed by atoms with Crippen molar-refractivity contribution in [2.45, 2.75) is 48.4 Å². The van der Waals surface area contributed by atoms with Crippen molar-refractivity contribution in [1.82, 2.24) is 18.6 Å². The molecular weight excluding hydrogens is 450 g/mol. The number of anilines is 1. The van der Waals surface area contributed by atoms with Crippen molar-refractivity contribution in [3.8, 4) is 0 Å². The molecule has 3 heterocycles. The molecule has 0 aliphatic carbocycles. The smallest absolute Gasteiger partial charge is 0.243 e. The Morgan fingerprint density at radius 2 is 1.44 bits per heavy atom. The van der Waals surface area contributed by atoms with Gasteiger partial charge in [0.15, 0.2) is 0 Å². The van der Waals surface area contributed by atoms with Crippen molar-refractivity contribution >= 4 is 26.0 Å². The summed E-state index contributed by atoms with van der Waals surface area (Å²) < 4.78 is 55.5. The molecule has 2 aliphatic heterocycles. The molecule has 1 atom stereocenters. The molecule has 1 aromatic heterocycles. The van der Waals surface area contributed by atoms with E-state index < -0.39 is 20.0 Å². The number of piperidine rings is 1. The van der Waals surface area contributed by atoms with Gasteiger partial charge in [0.25, 0.3) is 0 Å². The van der Waals surface area contributed by atoms with Crippen molar-refractivity contribution in [3.05, 3.63) is 42.7 Å². The highest BCUT2D eigenvalue weighted by Crippen LogP contribution is 2.28. The predicted molar refractivity (Wildman–Crippen MR) is 121 cm³/mol. The third-order valence-electron chi connectivity index (χ3n) is 6.19. The monoisotopic (exact) mass is 479 g/mol. The number of nitrogens with zero attached hydrogens (tertiary/aromatic N) is 5. The molecule has 0 N–H and O–H groups in total. The van der Waals surface area contributed by atoms with E-state index >= 15 is 0 Å². The summed E-state index contributed by atoms with van der Waals surface area (Å²) in [5, 5.41) is 0. The molecule has 2 aromatic rings. The van der Waals surface area contributed by atoms with Crippen LogP contribution < -0.4 is 4.90 Å². The Morgan fingerprint density at radius 1 is 0.844 bits per heavy atom. The lowest BCUT2D eigenvalue weighted by molar-refractivity contribution is 0.246. The Balaban J connectivity index is 1.47. The van der Waals surface area contributed by atoms with Crippen LogP contribution in [0.25, 0.3) is 0 Å². The van der Waals surface area contributed by atoms with Crippen LogP contribution in [0.1, 0.15) is 32.6 Å². The van der Waals surface area contributed by atoms with Gasteiger partial charge in [0, 0.05) is 51.2 Å². The lowest BCUT2D eigenvalue weighted by Crippen LogP contribution is -2.49. The van der Waals surface area contributed by atoms with Gasteiger partial charge in [-0.2, -0.15) is 8.61 Å². The number of aromatic nitrogens is 2. The van der Waals surface area contributed by atoms with Gasteiger partial charge in [-0.1, -0.05) is 13.3 Å². The van der Waals surface area contributed by atoms with Crippen molar-refractivity contribution in [3.63, 3.8) is 0 Å². The summed E-state index contributed by atoms with van der Waals surface area (Å²) >= 11 is 0. The average Bonchev–Trinajstić information content (AvgIpc) is 2.84. The highest BCUT2D eigenvalue weighted by molar-refractivity contribution is 7.89. The van der Waals surface area contributed by atoms with Gasteiger partial charge in [0.2, 0.25) is 26.0 Å². The summed E-state index contributed by atoms with van der Waals surface area (Å²) in [5.41, 5.74) is 0. The Hall–Kier alpha value is -2.08. The molecule has 2 aliphatic rings. The van der Waals surface area contributed by atoms with Gasteiger partial charge >= 0.3 is 0 Å². The maximum Gasteiger partial charge on any atom is 0.243 e. The van der Waals surface area contributed by atoms with Crippen LogP contribution in [0.2, 0.25) is 0 Å². The van der Waals surface area contributed by atoms with Gasteiger partial charge in [-0.3, -0.25) is 0 Å². The van der Waals surface area contributed by atoms with E-state index in [4.69, 9.17) is 0 Å². The van der Waals surface area contributed by atoms with Crippen LogP contribution in [-0.2, 0) is 20.0 Å². The highest BCUT2D eigenvalue weighted by Gasteiger charge is 2.33. The number of hydrogen-bond acceptors (Lipinski definition) is 7. The first-order chi connectivity index (χ1) is 15.3. The molecule has 0 unspecified atom stereocenters. The average molecular weight is 480 g/mol. The van der Waals surface area contributed by atoms with Crippen molar-refractivity contribution in [1.29, 1.82) is 0 Å². The number of benzene rings is 1. The largest absolute Gasteiger partial charge is 0.338 e. The molecule has 2 saturated heterocycles. The molecule has 174 valence electrons. The predicted octanol–water partition coefficient (Wildman–Crippen LogP) is 1.94. The fourth-order valence-electron chi connectivity index (χ4n) is 4.35. The van der Waals surface area contributed by atoms with Crippen molar-refractivity contribution in [2.24, 2.45) is 0 Å². The zero-order valence-corrected chi connectivity index (χ0v) is 19.8. The minimum absolute atomic E-state index is 0.00190. The van der Waals surface area contributed by atoms with Crippen LogP contribution in [0.5, 0.6) is 0 Å². The topological polar surface area (TPSA) is 104 Å². The molecule has 2 fully saturated rings. The third-order valence-corrected chi connectivity index (χ3v) is 10.1. The number of rotatable bonds is 6. The minimum Gasteiger partial charge on any atom is -0.338 e. The highest BCUT2D eigenvalue weighted by atomic mass is 32.2. The quantitative estimate of drug-likeness (QED) is 0.624. The van der Waals surface area contributed by atoms with Crippen molar-refractivity contribution < 1.29 is 16.8 Å². The Bertz CT molecular complexity index is 1120. The van der Waals surface area contributed by atoms with E-state index in [-0.39, 0.29) is 15.8 Å². The van der Waals surface area contributed by atoms with Gasteiger partial charge in [0.1, 0.15) is 0 Å². The van der Waals surface area contributed by atoms with E-state index in [0.29, 0.717) is 38.7 Å². The number of hydrogen-bond donors (Lipinski definition) is 0. The second-order valence-electron chi connectivity index (χ2n) is 8.08. The zero-order valence-electron chi connectivity index (χ0n) is 18.2. The molecule has 9 nitrogen and oxygen atoms in total. The van der Waals surface area contributed by atoms with E-state index in [0.717, 1.165) is 25.7 Å². The number of sulfonamides is 2. The first-order valence-corrected chi connectivity index (χ1v) is 13.9. The lowest BCUT2D eigenvalue weighted by atomic mass is 10.0. The molecule has 32 heavy (non-hydrogen) atoms. The molecule has 0 saturated carbocycles. The summed E-state index contributed by atoms with van der Waals surface area (Å²) in [6.07, 6.45) is 6.84. The fraction of sp³-hybridized carbons (Fsp3) is 0.524. The molecule has 0 radical (unpaired) electrons. The second-order valence-corrected chi connectivity index (χ2v) is 11.9. The van der Waals surface area contributed by atoms with Crippen LogP contribution in [-0.4, -0.2) is 74.2 Å². The van der Waals surface area contributed by atoms with Gasteiger partial charge in [-0.05, 0) is 49.6 Å². The van der Waals surface area contributed by atoms with E-state index in [1.165, 1.54) is 28.6 Å². The number of piperazine rings is 1. The zero-order chi connectivity index (χ0) is 22.8. The molecule has 11 heteroatoms. The summed E-state index contributed by atoms with van der Waals surface area (Å²) in [6, 6.07) is 7.37. The maximum atomic E-state index is 13.1. The summed E-state index contributed by atoms with van der Waals surface area (Å²) in [6.45, 7) is 4.11. The van der Waals surface area contributed by atoms with Crippen LogP contribution >= 0.6 is 0 Å². The van der Waals surface area contributed by atoms with Crippen molar-refractivity contribution in [2.75, 3.05) is 37.6 Å². The molecule has 0 bridgehead atoms. The van der Waals surface area contributed by atoms with Gasteiger partial charge in [0.05, 0.1) is 9.79 Å². The second kappa shape index (κ2) is 9.42. The molecule has 4 rings (SSSR count). The Labute approximate surface area is 190 Å². The summed E-state index contributed by atoms with van der Waals surface area (Å²) in [5.74, 6) is 0.585.